The van der Waals surface area contributed by atoms with E-state index in [4.69, 9.17) is 0 Å². The zero-order valence-electron chi connectivity index (χ0n) is 8.25. The van der Waals surface area contributed by atoms with E-state index in [1.165, 1.54) is 0 Å². The van der Waals surface area contributed by atoms with Crippen molar-refractivity contribution in [2.45, 2.75) is 0 Å². The van der Waals surface area contributed by atoms with E-state index in [2.05, 4.69) is 46.5 Å². The quantitative estimate of drug-likeness (QED) is 0.826. The predicted molar refractivity (Wildman–Crippen MR) is 61.6 cm³/mol. The Hall–Kier alpha value is -2.09. The molecule has 3 rings (SSSR count). The van der Waals surface area contributed by atoms with Crippen molar-refractivity contribution in [2.24, 2.45) is 9.98 Å². The normalized spacial score (nSPS) is 16.1. The highest BCUT2D eigenvalue weighted by molar-refractivity contribution is 9.10. The van der Waals surface area contributed by atoms with Gasteiger partial charge in [-0.25, -0.2) is 4.99 Å². The van der Waals surface area contributed by atoms with E-state index in [9.17, 15) is 5.11 Å². The minimum Gasteiger partial charge on any atom is -0.857 e. The van der Waals surface area contributed by atoms with Gasteiger partial charge in [0.05, 0.1) is 11.4 Å². The number of nitrogens with zero attached hydrogens (tertiary/aromatic N) is 5. The number of fused-ring (bicyclic) bond motifs is 1. The van der Waals surface area contributed by atoms with Crippen LogP contribution in [0.2, 0.25) is 0 Å². The molecule has 1 aromatic heterocycles. The SMILES string of the molecule is [O-]C1=Nc2ccc(Br)cc2C1=Nc1nn[nH]n1. The van der Waals surface area contributed by atoms with Crippen LogP contribution < -0.4 is 5.11 Å². The molecule has 1 N–H and O–H groups in total. The third kappa shape index (κ3) is 1.72. The molecule has 0 spiro atoms. The van der Waals surface area contributed by atoms with Crippen LogP contribution in [0.15, 0.2) is 32.7 Å². The second-order valence-corrected chi connectivity index (χ2v) is 4.17. The number of rotatable bonds is 1. The Morgan fingerprint density at radius 1 is 1.35 bits per heavy atom. The van der Waals surface area contributed by atoms with Gasteiger partial charge in [0.2, 0.25) is 0 Å². The number of hydrogen-bond donors (Lipinski definition) is 1. The summed E-state index contributed by atoms with van der Waals surface area (Å²) in [5.41, 5.74) is 1.48. The molecule has 7 nitrogen and oxygen atoms in total. The molecule has 0 radical (unpaired) electrons. The Morgan fingerprint density at radius 3 is 3.00 bits per heavy atom. The van der Waals surface area contributed by atoms with Crippen LogP contribution in [0, 0.1) is 0 Å². The van der Waals surface area contributed by atoms with Crippen LogP contribution in [0.1, 0.15) is 5.56 Å². The van der Waals surface area contributed by atoms with Crippen molar-refractivity contribution < 1.29 is 5.11 Å². The van der Waals surface area contributed by atoms with Crippen molar-refractivity contribution in [1.29, 1.82) is 0 Å². The van der Waals surface area contributed by atoms with Gasteiger partial charge in [-0.05, 0) is 23.4 Å². The molecule has 0 saturated heterocycles. The standard InChI is InChI=1S/C9H5BrN6O/c10-4-1-2-6-5(3-4)7(8(17)11-6)12-9-13-15-16-14-9/h1-3H,(H2,11,12,13,14,15,16,17)/p-1. The minimum absolute atomic E-state index is 0.108. The summed E-state index contributed by atoms with van der Waals surface area (Å²) in [7, 11) is 0. The monoisotopic (exact) mass is 291 g/mol. The molecule has 2 heterocycles. The molecule has 0 unspecified atom stereocenters. The third-order valence-corrected chi connectivity index (χ3v) is 2.68. The maximum atomic E-state index is 11.7. The molecule has 2 aromatic rings. The molecule has 0 aliphatic carbocycles. The molecule has 0 saturated carbocycles. The lowest BCUT2D eigenvalue weighted by atomic mass is 10.1. The van der Waals surface area contributed by atoms with Gasteiger partial charge in [-0.15, -0.1) is 5.10 Å². The van der Waals surface area contributed by atoms with Crippen LogP contribution >= 0.6 is 15.9 Å². The van der Waals surface area contributed by atoms with Gasteiger partial charge in [-0.3, -0.25) is 4.99 Å². The number of aromatic amines is 1. The second-order valence-electron chi connectivity index (χ2n) is 3.25. The van der Waals surface area contributed by atoms with E-state index < -0.39 is 5.90 Å². The van der Waals surface area contributed by atoms with Crippen LogP contribution in [0.5, 0.6) is 0 Å². The summed E-state index contributed by atoms with van der Waals surface area (Å²) in [6, 6.07) is 5.34. The number of benzene rings is 1. The Kier molecular flexibility index (Phi) is 2.22. The van der Waals surface area contributed by atoms with Crippen LogP contribution in [0.4, 0.5) is 11.6 Å². The summed E-state index contributed by atoms with van der Waals surface area (Å²) in [6.45, 7) is 0. The molecule has 1 aromatic carbocycles. The highest BCUT2D eigenvalue weighted by Crippen LogP contribution is 2.29. The van der Waals surface area contributed by atoms with E-state index in [0.717, 1.165) is 4.47 Å². The fraction of sp³-hybridized carbons (Fsp3) is 0. The van der Waals surface area contributed by atoms with Gasteiger partial charge in [-0.2, -0.15) is 5.21 Å². The molecular formula is C9H4BrN6O-. The van der Waals surface area contributed by atoms with Crippen LogP contribution in [0.3, 0.4) is 0 Å². The van der Waals surface area contributed by atoms with Crippen LogP contribution in [-0.4, -0.2) is 32.2 Å². The predicted octanol–water partition coefficient (Wildman–Crippen LogP) is 0.487. The fourth-order valence-corrected chi connectivity index (χ4v) is 1.85. The maximum Gasteiger partial charge on any atom is 0.289 e. The van der Waals surface area contributed by atoms with Gasteiger partial charge in [0.1, 0.15) is 0 Å². The van der Waals surface area contributed by atoms with Crippen molar-refractivity contribution in [3.63, 3.8) is 0 Å². The largest absolute Gasteiger partial charge is 0.857 e. The van der Waals surface area contributed by atoms with Gasteiger partial charge in [0.25, 0.3) is 5.95 Å². The number of aromatic nitrogens is 4. The average Bonchev–Trinajstić information content (AvgIpc) is 2.90. The first kappa shape index (κ1) is 10.1. The highest BCUT2D eigenvalue weighted by atomic mass is 79.9. The summed E-state index contributed by atoms with van der Waals surface area (Å²) in [4.78, 5) is 7.90. The first-order valence-electron chi connectivity index (χ1n) is 4.62. The molecule has 0 atom stereocenters. The number of aliphatic imine (C=N–C) groups is 2. The summed E-state index contributed by atoms with van der Waals surface area (Å²) in [6.07, 6.45) is 0. The molecule has 0 fully saturated rings. The molecule has 17 heavy (non-hydrogen) atoms. The zero-order valence-corrected chi connectivity index (χ0v) is 9.84. The Bertz CT molecular complexity index is 633. The van der Waals surface area contributed by atoms with Crippen molar-refractivity contribution in [2.75, 3.05) is 0 Å². The Labute approximate surface area is 103 Å². The Balaban J connectivity index is 2.14. The van der Waals surface area contributed by atoms with Gasteiger partial charge >= 0.3 is 0 Å². The zero-order chi connectivity index (χ0) is 11.8. The third-order valence-electron chi connectivity index (χ3n) is 2.18. The van der Waals surface area contributed by atoms with Crippen molar-refractivity contribution in [3.05, 3.63) is 28.2 Å². The summed E-state index contributed by atoms with van der Waals surface area (Å²) < 4.78 is 0.849. The lowest BCUT2D eigenvalue weighted by Gasteiger charge is -2.05. The van der Waals surface area contributed by atoms with Crippen LogP contribution in [-0.2, 0) is 0 Å². The molecule has 1 aliphatic heterocycles. The molecule has 1 aliphatic rings. The average molecular weight is 292 g/mol. The maximum absolute atomic E-state index is 11.7. The Morgan fingerprint density at radius 2 is 2.24 bits per heavy atom. The summed E-state index contributed by atoms with van der Waals surface area (Å²) in [5.74, 6) is -0.292. The highest BCUT2D eigenvalue weighted by Gasteiger charge is 2.17. The number of hydrogen-bond acceptors (Lipinski definition) is 6. The lowest BCUT2D eigenvalue weighted by Crippen LogP contribution is -2.25. The molecule has 84 valence electrons. The van der Waals surface area contributed by atoms with Crippen molar-refractivity contribution >= 4 is 39.2 Å². The van der Waals surface area contributed by atoms with Crippen molar-refractivity contribution in [1.82, 2.24) is 20.6 Å². The number of tetrazole rings is 1. The van der Waals surface area contributed by atoms with E-state index in [1.807, 2.05) is 6.07 Å². The van der Waals surface area contributed by atoms with E-state index in [1.54, 1.807) is 12.1 Å². The first-order chi connectivity index (χ1) is 8.24. The minimum atomic E-state index is -0.400. The van der Waals surface area contributed by atoms with Gasteiger partial charge < -0.3 is 5.11 Å². The smallest absolute Gasteiger partial charge is 0.289 e. The van der Waals surface area contributed by atoms with E-state index >= 15 is 0 Å². The number of halogens is 1. The summed E-state index contributed by atoms with van der Waals surface area (Å²) >= 11 is 3.33. The topological polar surface area (TPSA) is 102 Å². The lowest BCUT2D eigenvalue weighted by molar-refractivity contribution is -0.208. The first-order valence-corrected chi connectivity index (χ1v) is 5.41. The number of H-pyrrole nitrogens is 1. The van der Waals surface area contributed by atoms with Crippen LogP contribution in [0.25, 0.3) is 0 Å². The summed E-state index contributed by atoms with van der Waals surface area (Å²) in [5, 5.41) is 24.6. The molecule has 8 heteroatoms. The molecular weight excluding hydrogens is 288 g/mol. The van der Waals surface area contributed by atoms with Gasteiger partial charge in [-0.1, -0.05) is 21.0 Å². The fourth-order valence-electron chi connectivity index (χ4n) is 1.48. The van der Waals surface area contributed by atoms with Gasteiger partial charge in [0.15, 0.2) is 0 Å². The molecule has 0 amide bonds. The number of nitrogens with one attached hydrogen (secondary N) is 1. The molecule has 0 bridgehead atoms. The van der Waals surface area contributed by atoms with E-state index in [0.29, 0.717) is 11.3 Å². The van der Waals surface area contributed by atoms with Gasteiger partial charge in [0, 0.05) is 15.9 Å². The van der Waals surface area contributed by atoms with E-state index in [-0.39, 0.29) is 11.7 Å². The second kappa shape index (κ2) is 3.74. The van der Waals surface area contributed by atoms with Crippen molar-refractivity contribution in [3.8, 4) is 0 Å².